The van der Waals surface area contributed by atoms with Crippen molar-refractivity contribution in [2.45, 2.75) is 38.3 Å². The van der Waals surface area contributed by atoms with Crippen LogP contribution in [0.3, 0.4) is 0 Å². The monoisotopic (exact) mass is 455 g/mol. The van der Waals surface area contributed by atoms with Gasteiger partial charge in [-0.3, -0.25) is 4.99 Å². The molecule has 3 unspecified atom stereocenters. The van der Waals surface area contributed by atoms with E-state index >= 15 is 0 Å². The molecule has 1 saturated carbocycles. The first-order valence-corrected chi connectivity index (χ1v) is 7.95. The van der Waals surface area contributed by atoms with Crippen molar-refractivity contribution in [3.8, 4) is 0 Å². The largest absolute Gasteiger partial charge is 0.383 e. The molecule has 1 fully saturated rings. The first-order valence-electron chi connectivity index (χ1n) is 7.57. The smallest absolute Gasteiger partial charge is 0.191 e. The van der Waals surface area contributed by atoms with Gasteiger partial charge < -0.3 is 15.4 Å². The van der Waals surface area contributed by atoms with Crippen molar-refractivity contribution < 1.29 is 9.13 Å². The van der Waals surface area contributed by atoms with Crippen molar-refractivity contribution in [1.82, 2.24) is 10.6 Å². The van der Waals surface area contributed by atoms with Gasteiger partial charge >= 0.3 is 0 Å². The van der Waals surface area contributed by atoms with Gasteiger partial charge in [0.15, 0.2) is 5.96 Å². The van der Waals surface area contributed by atoms with Crippen molar-refractivity contribution in [3.63, 3.8) is 0 Å². The number of guanidine groups is 1. The van der Waals surface area contributed by atoms with Crippen LogP contribution in [0.15, 0.2) is 23.2 Å². The maximum absolute atomic E-state index is 13.9. The molecule has 1 aromatic carbocycles. The number of nitrogens with one attached hydrogen (secondary N) is 2. The van der Waals surface area contributed by atoms with Crippen LogP contribution in [0, 0.1) is 5.82 Å². The zero-order valence-corrected chi connectivity index (χ0v) is 16.7. The van der Waals surface area contributed by atoms with Gasteiger partial charge in [0.05, 0.1) is 6.61 Å². The second kappa shape index (κ2) is 9.64. The van der Waals surface area contributed by atoms with Crippen molar-refractivity contribution in [2.24, 2.45) is 4.99 Å². The average Bonchev–Trinajstić information content (AvgIpc) is 3.18. The van der Waals surface area contributed by atoms with E-state index in [1.165, 1.54) is 6.07 Å². The molecule has 1 aliphatic carbocycles. The van der Waals surface area contributed by atoms with E-state index in [4.69, 9.17) is 16.3 Å². The number of benzene rings is 1. The van der Waals surface area contributed by atoms with E-state index in [9.17, 15) is 4.39 Å². The highest BCUT2D eigenvalue weighted by molar-refractivity contribution is 14.0. The Labute approximate surface area is 159 Å². The van der Waals surface area contributed by atoms with Crippen LogP contribution >= 0.6 is 35.6 Å². The summed E-state index contributed by atoms with van der Waals surface area (Å²) in [5.41, 5.74) is 0.599. The molecule has 0 radical (unpaired) electrons. The minimum absolute atomic E-state index is 0. The summed E-state index contributed by atoms with van der Waals surface area (Å²) in [6.45, 7) is 5.27. The normalized spacial score (nSPS) is 21.3. The fraction of sp³-hybridized carbons (Fsp3) is 0.562. The minimum atomic E-state index is -0.239. The lowest BCUT2D eigenvalue weighted by Crippen LogP contribution is -2.45. The first-order chi connectivity index (χ1) is 10.6. The summed E-state index contributed by atoms with van der Waals surface area (Å²) in [7, 11) is 1.67. The maximum Gasteiger partial charge on any atom is 0.191 e. The third-order valence-corrected chi connectivity index (χ3v) is 3.93. The molecule has 0 aromatic heterocycles. The van der Waals surface area contributed by atoms with E-state index in [1.54, 1.807) is 19.2 Å². The standard InChI is InChI=1S/C16H23ClFN3O.HI/c1-4-19-16(20-10(2)9-22-3)21-14-8-11(14)15-12(17)6-5-7-13(15)18;/h5-7,10-11,14H,4,8-9H2,1-3H3,(H2,19,20,21);1H. The molecule has 3 atom stereocenters. The van der Waals surface area contributed by atoms with E-state index in [2.05, 4.69) is 15.6 Å². The summed E-state index contributed by atoms with van der Waals surface area (Å²) >= 11 is 6.12. The van der Waals surface area contributed by atoms with Gasteiger partial charge in [-0.1, -0.05) is 17.7 Å². The lowest BCUT2D eigenvalue weighted by Gasteiger charge is -2.17. The molecule has 1 aromatic rings. The minimum Gasteiger partial charge on any atom is -0.383 e. The summed E-state index contributed by atoms with van der Waals surface area (Å²) in [6, 6.07) is 5.12. The highest BCUT2D eigenvalue weighted by Gasteiger charge is 2.42. The highest BCUT2D eigenvalue weighted by atomic mass is 127. The van der Waals surface area contributed by atoms with E-state index < -0.39 is 0 Å². The third kappa shape index (κ3) is 5.76. The Morgan fingerprint density at radius 1 is 1.52 bits per heavy atom. The fourth-order valence-corrected chi connectivity index (χ4v) is 2.83. The molecule has 0 spiro atoms. The Hall–Kier alpha value is -0.600. The topological polar surface area (TPSA) is 45.7 Å². The fourth-order valence-electron chi connectivity index (χ4n) is 2.53. The Morgan fingerprint density at radius 2 is 2.26 bits per heavy atom. The van der Waals surface area contributed by atoms with Crippen LogP contribution in [0.5, 0.6) is 0 Å². The average molecular weight is 456 g/mol. The number of hydrogen-bond donors (Lipinski definition) is 2. The molecule has 1 aliphatic rings. The predicted molar refractivity (Wildman–Crippen MR) is 104 cm³/mol. The quantitative estimate of drug-likeness (QED) is 0.392. The zero-order chi connectivity index (χ0) is 16.1. The molecule has 0 saturated heterocycles. The van der Waals surface area contributed by atoms with Crippen molar-refractivity contribution >= 4 is 41.5 Å². The van der Waals surface area contributed by atoms with Gasteiger partial charge in [-0.25, -0.2) is 4.39 Å². The van der Waals surface area contributed by atoms with Gasteiger partial charge in [-0.05, 0) is 32.4 Å². The van der Waals surface area contributed by atoms with Crippen LogP contribution < -0.4 is 10.6 Å². The molecule has 4 nitrogen and oxygen atoms in total. The summed E-state index contributed by atoms with van der Waals surface area (Å²) in [5.74, 6) is 0.582. The van der Waals surface area contributed by atoms with Gasteiger partial charge in [-0.15, -0.1) is 24.0 Å². The molecule has 0 heterocycles. The molecule has 0 aliphatic heterocycles. The molecule has 7 heteroatoms. The number of nitrogens with zero attached hydrogens (tertiary/aromatic N) is 1. The molecule has 0 bridgehead atoms. The van der Waals surface area contributed by atoms with Gasteiger partial charge in [0.2, 0.25) is 0 Å². The number of hydrogen-bond acceptors (Lipinski definition) is 2. The second-order valence-electron chi connectivity index (χ2n) is 5.55. The molecule has 0 amide bonds. The van der Waals surface area contributed by atoms with Crippen molar-refractivity contribution in [1.29, 1.82) is 0 Å². The molecule has 2 rings (SSSR count). The SMILES string of the molecule is CCN=C(NC(C)COC)NC1CC1c1c(F)cccc1Cl.I. The van der Waals surface area contributed by atoms with Gasteiger partial charge in [0.1, 0.15) is 5.82 Å². The van der Waals surface area contributed by atoms with E-state index in [-0.39, 0.29) is 47.8 Å². The summed E-state index contributed by atoms with van der Waals surface area (Å²) < 4.78 is 19.0. The zero-order valence-electron chi connectivity index (χ0n) is 13.6. The lowest BCUT2D eigenvalue weighted by atomic mass is 10.1. The molecular weight excluding hydrogens is 432 g/mol. The summed E-state index contributed by atoms with van der Waals surface area (Å²) in [5, 5.41) is 7.11. The number of methoxy groups -OCH3 is 1. The first kappa shape index (κ1) is 20.4. The van der Waals surface area contributed by atoms with Crippen LogP contribution in [-0.4, -0.2) is 38.3 Å². The van der Waals surface area contributed by atoms with Gasteiger partial charge in [-0.2, -0.15) is 0 Å². The molecule has 130 valence electrons. The Bertz CT molecular complexity index is 524. The number of aliphatic imine (C=N–C) groups is 1. The van der Waals surface area contributed by atoms with Crippen LogP contribution in [0.25, 0.3) is 0 Å². The molecule has 23 heavy (non-hydrogen) atoms. The van der Waals surface area contributed by atoms with Crippen LogP contribution in [0.4, 0.5) is 4.39 Å². The predicted octanol–water partition coefficient (Wildman–Crippen LogP) is 3.54. The number of halogens is 3. The maximum atomic E-state index is 13.9. The molecule has 2 N–H and O–H groups in total. The number of rotatable bonds is 6. The molecular formula is C16H24ClFIN3O. The van der Waals surface area contributed by atoms with Crippen LogP contribution in [-0.2, 0) is 4.74 Å². The van der Waals surface area contributed by atoms with Crippen LogP contribution in [0.1, 0.15) is 31.7 Å². The van der Waals surface area contributed by atoms with E-state index in [0.29, 0.717) is 23.7 Å². The Morgan fingerprint density at radius 3 is 2.87 bits per heavy atom. The highest BCUT2D eigenvalue weighted by Crippen LogP contribution is 2.44. The lowest BCUT2D eigenvalue weighted by molar-refractivity contribution is 0.179. The van der Waals surface area contributed by atoms with Crippen LogP contribution in [0.2, 0.25) is 5.02 Å². The summed E-state index contributed by atoms with van der Waals surface area (Å²) in [4.78, 5) is 4.41. The Balaban J connectivity index is 0.00000264. The van der Waals surface area contributed by atoms with Crippen molar-refractivity contribution in [2.75, 3.05) is 20.3 Å². The second-order valence-corrected chi connectivity index (χ2v) is 5.96. The summed E-state index contributed by atoms with van der Waals surface area (Å²) in [6.07, 6.45) is 0.851. The van der Waals surface area contributed by atoms with Crippen molar-refractivity contribution in [3.05, 3.63) is 34.6 Å². The van der Waals surface area contributed by atoms with Gasteiger partial charge in [0, 0.05) is 42.2 Å². The van der Waals surface area contributed by atoms with Gasteiger partial charge in [0.25, 0.3) is 0 Å². The Kier molecular flexibility index (Phi) is 8.57. The third-order valence-electron chi connectivity index (χ3n) is 3.60. The van der Waals surface area contributed by atoms with E-state index in [0.717, 1.165) is 12.4 Å². The van der Waals surface area contributed by atoms with E-state index in [1.807, 2.05) is 13.8 Å². The number of ether oxygens (including phenoxy) is 1.